The van der Waals surface area contributed by atoms with Gasteiger partial charge in [-0.15, -0.1) is 0 Å². The largest absolute Gasteiger partial charge is 0.337 e. The van der Waals surface area contributed by atoms with Crippen LogP contribution in [0.3, 0.4) is 0 Å². The van der Waals surface area contributed by atoms with Crippen molar-refractivity contribution >= 4 is 23.2 Å². The van der Waals surface area contributed by atoms with E-state index in [0.29, 0.717) is 21.8 Å². The molecule has 84 valence electrons. The van der Waals surface area contributed by atoms with Gasteiger partial charge in [0.2, 0.25) is 11.7 Å². The van der Waals surface area contributed by atoms with E-state index < -0.39 is 0 Å². The van der Waals surface area contributed by atoms with Crippen LogP contribution in [-0.4, -0.2) is 10.1 Å². The van der Waals surface area contributed by atoms with E-state index in [2.05, 4.69) is 10.1 Å². The van der Waals surface area contributed by atoms with Gasteiger partial charge in [0.1, 0.15) is 0 Å². The quantitative estimate of drug-likeness (QED) is 0.898. The summed E-state index contributed by atoms with van der Waals surface area (Å²) in [5.41, 5.74) is 6.36. The van der Waals surface area contributed by atoms with Crippen molar-refractivity contribution in [3.8, 4) is 11.4 Å². The van der Waals surface area contributed by atoms with E-state index in [-0.39, 0.29) is 6.04 Å². The van der Waals surface area contributed by atoms with Gasteiger partial charge in [-0.1, -0.05) is 28.4 Å². The van der Waals surface area contributed by atoms with Crippen molar-refractivity contribution in [2.45, 2.75) is 13.0 Å². The molecule has 0 spiro atoms. The minimum atomic E-state index is -0.288. The van der Waals surface area contributed by atoms with E-state index in [0.717, 1.165) is 5.56 Å². The Morgan fingerprint density at radius 1 is 1.31 bits per heavy atom. The van der Waals surface area contributed by atoms with Crippen molar-refractivity contribution in [1.29, 1.82) is 0 Å². The van der Waals surface area contributed by atoms with Crippen LogP contribution < -0.4 is 5.73 Å². The number of benzene rings is 1. The number of nitrogens with zero attached hydrogens (tertiary/aromatic N) is 2. The predicted octanol–water partition coefficient (Wildman–Crippen LogP) is 3.06. The highest BCUT2D eigenvalue weighted by molar-refractivity contribution is 6.42. The molecule has 0 aliphatic carbocycles. The molecule has 0 unspecified atom stereocenters. The Labute approximate surface area is 102 Å². The number of nitrogens with two attached hydrogens (primary N) is 1. The van der Waals surface area contributed by atoms with Gasteiger partial charge in [-0.05, 0) is 25.1 Å². The summed E-state index contributed by atoms with van der Waals surface area (Å²) in [6, 6.07) is 4.84. The molecule has 0 saturated carbocycles. The van der Waals surface area contributed by atoms with Crippen LogP contribution in [0.4, 0.5) is 0 Å². The minimum Gasteiger partial charge on any atom is -0.337 e. The maximum Gasteiger partial charge on any atom is 0.243 e. The first-order valence-corrected chi connectivity index (χ1v) is 5.38. The lowest BCUT2D eigenvalue weighted by Crippen LogP contribution is -2.04. The Balaban J connectivity index is 2.39. The van der Waals surface area contributed by atoms with Gasteiger partial charge in [0.05, 0.1) is 16.1 Å². The molecule has 2 aromatic rings. The monoisotopic (exact) mass is 257 g/mol. The Kier molecular flexibility index (Phi) is 3.14. The standard InChI is InChI=1S/C10H9Cl2N3O/c1-5(13)10-14-9(15-16-10)6-2-3-7(11)8(12)4-6/h2-5H,13H2,1H3/t5-/m1/s1. The Morgan fingerprint density at radius 2 is 2.06 bits per heavy atom. The average Bonchev–Trinajstić information content (AvgIpc) is 2.71. The number of hydrogen-bond donors (Lipinski definition) is 1. The van der Waals surface area contributed by atoms with Gasteiger partial charge in [-0.2, -0.15) is 4.98 Å². The fourth-order valence-electron chi connectivity index (χ4n) is 1.17. The van der Waals surface area contributed by atoms with Gasteiger partial charge in [-0.3, -0.25) is 0 Å². The van der Waals surface area contributed by atoms with E-state index in [4.69, 9.17) is 33.5 Å². The summed E-state index contributed by atoms with van der Waals surface area (Å²) in [7, 11) is 0. The zero-order valence-electron chi connectivity index (χ0n) is 8.45. The third-order valence-corrected chi connectivity index (χ3v) is 2.75. The lowest BCUT2D eigenvalue weighted by molar-refractivity contribution is 0.362. The molecule has 1 aromatic carbocycles. The Morgan fingerprint density at radius 3 is 2.62 bits per heavy atom. The van der Waals surface area contributed by atoms with Crippen molar-refractivity contribution in [2.24, 2.45) is 5.73 Å². The van der Waals surface area contributed by atoms with E-state index in [1.165, 1.54) is 0 Å². The zero-order chi connectivity index (χ0) is 11.7. The van der Waals surface area contributed by atoms with Crippen LogP contribution in [-0.2, 0) is 0 Å². The molecule has 0 radical (unpaired) electrons. The van der Waals surface area contributed by atoms with Crippen LogP contribution in [0.2, 0.25) is 10.0 Å². The summed E-state index contributed by atoms with van der Waals surface area (Å²) in [4.78, 5) is 4.15. The molecule has 2 rings (SSSR count). The van der Waals surface area contributed by atoms with Gasteiger partial charge in [0, 0.05) is 5.56 Å². The fourth-order valence-corrected chi connectivity index (χ4v) is 1.47. The summed E-state index contributed by atoms with van der Waals surface area (Å²) in [5.74, 6) is 0.840. The summed E-state index contributed by atoms with van der Waals surface area (Å²) < 4.78 is 4.99. The first-order chi connectivity index (χ1) is 7.58. The van der Waals surface area contributed by atoms with Crippen molar-refractivity contribution < 1.29 is 4.52 Å². The smallest absolute Gasteiger partial charge is 0.243 e. The second-order valence-electron chi connectivity index (χ2n) is 3.37. The maximum atomic E-state index is 5.89. The SMILES string of the molecule is C[C@@H](N)c1nc(-c2ccc(Cl)c(Cl)c2)no1. The van der Waals surface area contributed by atoms with E-state index in [9.17, 15) is 0 Å². The van der Waals surface area contributed by atoms with Gasteiger partial charge >= 0.3 is 0 Å². The maximum absolute atomic E-state index is 5.89. The molecule has 2 N–H and O–H groups in total. The molecule has 0 bridgehead atoms. The van der Waals surface area contributed by atoms with Crippen molar-refractivity contribution in [2.75, 3.05) is 0 Å². The first kappa shape index (κ1) is 11.4. The van der Waals surface area contributed by atoms with Crippen LogP contribution in [0, 0.1) is 0 Å². The Hall–Kier alpha value is -1.10. The van der Waals surface area contributed by atoms with Crippen LogP contribution in [0.25, 0.3) is 11.4 Å². The van der Waals surface area contributed by atoms with Crippen molar-refractivity contribution in [1.82, 2.24) is 10.1 Å². The van der Waals surface area contributed by atoms with Crippen molar-refractivity contribution in [3.63, 3.8) is 0 Å². The third kappa shape index (κ3) is 2.19. The topological polar surface area (TPSA) is 64.9 Å². The van der Waals surface area contributed by atoms with Gasteiger partial charge in [0.15, 0.2) is 0 Å². The highest BCUT2D eigenvalue weighted by Crippen LogP contribution is 2.27. The second kappa shape index (κ2) is 4.41. The molecule has 0 fully saturated rings. The molecule has 6 heteroatoms. The normalized spacial score (nSPS) is 12.8. The van der Waals surface area contributed by atoms with Gasteiger partial charge in [-0.25, -0.2) is 0 Å². The number of aromatic nitrogens is 2. The molecular formula is C10H9Cl2N3O. The summed E-state index contributed by atoms with van der Waals surface area (Å²) in [6.07, 6.45) is 0. The summed E-state index contributed by atoms with van der Waals surface area (Å²) in [5, 5.41) is 4.75. The van der Waals surface area contributed by atoms with Crippen LogP contribution >= 0.6 is 23.2 Å². The molecular weight excluding hydrogens is 249 g/mol. The van der Waals surface area contributed by atoms with Crippen molar-refractivity contribution in [3.05, 3.63) is 34.1 Å². The van der Waals surface area contributed by atoms with Crippen LogP contribution in [0.15, 0.2) is 22.7 Å². The number of rotatable bonds is 2. The predicted molar refractivity (Wildman–Crippen MR) is 62.4 cm³/mol. The molecule has 16 heavy (non-hydrogen) atoms. The molecule has 0 amide bonds. The molecule has 1 heterocycles. The summed E-state index contributed by atoms with van der Waals surface area (Å²) >= 11 is 11.7. The highest BCUT2D eigenvalue weighted by atomic mass is 35.5. The lowest BCUT2D eigenvalue weighted by atomic mass is 10.2. The number of halogens is 2. The Bertz CT molecular complexity index is 511. The van der Waals surface area contributed by atoms with Crippen LogP contribution in [0.1, 0.15) is 18.9 Å². The second-order valence-corrected chi connectivity index (χ2v) is 4.19. The van der Waals surface area contributed by atoms with Gasteiger partial charge < -0.3 is 10.3 Å². The molecule has 0 aliphatic heterocycles. The van der Waals surface area contributed by atoms with E-state index >= 15 is 0 Å². The molecule has 0 saturated heterocycles. The zero-order valence-corrected chi connectivity index (χ0v) is 9.96. The first-order valence-electron chi connectivity index (χ1n) is 4.62. The lowest BCUT2D eigenvalue weighted by Gasteiger charge is -1.97. The minimum absolute atomic E-state index is 0.288. The fraction of sp³-hybridized carbons (Fsp3) is 0.200. The molecule has 4 nitrogen and oxygen atoms in total. The van der Waals surface area contributed by atoms with Gasteiger partial charge in [0.25, 0.3) is 0 Å². The number of hydrogen-bond acceptors (Lipinski definition) is 4. The third-order valence-electron chi connectivity index (χ3n) is 2.01. The average molecular weight is 258 g/mol. The highest BCUT2D eigenvalue weighted by Gasteiger charge is 2.12. The van der Waals surface area contributed by atoms with E-state index in [1.54, 1.807) is 25.1 Å². The van der Waals surface area contributed by atoms with E-state index in [1.807, 2.05) is 0 Å². The summed E-state index contributed by atoms with van der Waals surface area (Å²) in [6.45, 7) is 1.77. The van der Waals surface area contributed by atoms with Crippen LogP contribution in [0.5, 0.6) is 0 Å². The molecule has 1 aromatic heterocycles. The molecule has 1 atom stereocenters. The molecule has 0 aliphatic rings.